The molecule has 2 atom stereocenters. The minimum absolute atomic E-state index is 0.194. The lowest BCUT2D eigenvalue weighted by Gasteiger charge is -2.33. The van der Waals surface area contributed by atoms with E-state index in [-0.39, 0.29) is 28.2 Å². The Labute approximate surface area is 231 Å². The molecule has 0 spiro atoms. The molecule has 0 bridgehead atoms. The number of halogens is 6. The predicted molar refractivity (Wildman–Crippen MR) is 137 cm³/mol. The number of aromatic nitrogens is 2. The number of anilines is 1. The lowest BCUT2D eigenvalue weighted by atomic mass is 10.0. The van der Waals surface area contributed by atoms with Crippen molar-refractivity contribution in [1.29, 1.82) is 0 Å². The quantitative estimate of drug-likeness (QED) is 0.349. The molecule has 1 fully saturated rings. The summed E-state index contributed by atoms with van der Waals surface area (Å²) in [5.41, 5.74) is -3.61. The van der Waals surface area contributed by atoms with Crippen LogP contribution in [0.5, 0.6) is 0 Å². The highest BCUT2D eigenvalue weighted by Crippen LogP contribution is 2.42. The monoisotopic (exact) mass is 595 g/mol. The first-order chi connectivity index (χ1) is 18.4. The third kappa shape index (κ3) is 7.62. The summed E-state index contributed by atoms with van der Waals surface area (Å²) in [5, 5.41) is 14.0. The number of piperidine rings is 1. The number of carbonyl (C=O) groups excluding carboxylic acids is 2. The van der Waals surface area contributed by atoms with E-state index < -0.39 is 59.2 Å². The maximum Gasteiger partial charge on any atom is 0.417 e. The number of rotatable bonds is 8. The highest BCUT2D eigenvalue weighted by molar-refractivity contribution is 7.17. The van der Waals surface area contributed by atoms with Crippen molar-refractivity contribution < 1.29 is 41.0 Å². The number of carbonyl (C=O) groups is 2. The Balaban J connectivity index is 2.13. The van der Waals surface area contributed by atoms with Gasteiger partial charge in [-0.25, -0.2) is 9.97 Å². The van der Waals surface area contributed by atoms with Gasteiger partial charge in [-0.05, 0) is 52.5 Å². The minimum atomic E-state index is -5.04. The molecule has 0 radical (unpaired) electrons. The van der Waals surface area contributed by atoms with E-state index in [9.17, 15) is 41.0 Å². The second-order valence-corrected chi connectivity index (χ2v) is 11.3. The van der Waals surface area contributed by atoms with Crippen LogP contribution in [0.2, 0.25) is 0 Å². The smallest absolute Gasteiger partial charge is 0.389 e. The van der Waals surface area contributed by atoms with Crippen molar-refractivity contribution in [2.75, 3.05) is 18.4 Å². The molecule has 3 N–H and O–H groups in total. The first kappa shape index (κ1) is 31.6. The molecule has 1 aliphatic rings. The number of likely N-dealkylation sites (tertiary alicyclic amines) is 1. The van der Waals surface area contributed by atoms with Gasteiger partial charge < -0.3 is 20.6 Å². The second-order valence-electron chi connectivity index (χ2n) is 10.3. The Morgan fingerprint density at radius 2 is 1.88 bits per heavy atom. The van der Waals surface area contributed by atoms with Crippen LogP contribution in [-0.2, 0) is 6.18 Å². The van der Waals surface area contributed by atoms with Gasteiger partial charge in [-0.3, -0.25) is 9.59 Å². The van der Waals surface area contributed by atoms with Crippen molar-refractivity contribution in [3.05, 3.63) is 28.5 Å². The summed E-state index contributed by atoms with van der Waals surface area (Å²) in [7, 11) is 0. The van der Waals surface area contributed by atoms with Crippen molar-refractivity contribution in [3.8, 4) is 10.4 Å². The van der Waals surface area contributed by atoms with Crippen LogP contribution in [0, 0.1) is 0 Å². The van der Waals surface area contributed by atoms with Crippen molar-refractivity contribution in [3.63, 3.8) is 0 Å². The van der Waals surface area contributed by atoms with Crippen LogP contribution in [0.15, 0.2) is 12.3 Å². The van der Waals surface area contributed by atoms with Gasteiger partial charge in [0.05, 0.1) is 16.0 Å². The average Bonchev–Trinajstić information content (AvgIpc) is 3.29. The van der Waals surface area contributed by atoms with Gasteiger partial charge in [0.25, 0.3) is 11.8 Å². The van der Waals surface area contributed by atoms with E-state index >= 15 is 0 Å². The summed E-state index contributed by atoms with van der Waals surface area (Å²) in [6.07, 6.45) is -7.25. The van der Waals surface area contributed by atoms with Crippen LogP contribution < -0.4 is 10.6 Å². The van der Waals surface area contributed by atoms with Gasteiger partial charge in [-0.15, -0.1) is 11.3 Å². The first-order valence-corrected chi connectivity index (χ1v) is 13.5. The summed E-state index contributed by atoms with van der Waals surface area (Å²) in [4.78, 5) is 35.4. The molecule has 2 aromatic rings. The number of hydrogen-bond donors (Lipinski definition) is 3. The number of nitrogens with one attached hydrogen (secondary N) is 2. The molecule has 2 amide bonds. The zero-order chi connectivity index (χ0) is 30.0. The Morgan fingerprint density at radius 1 is 1.20 bits per heavy atom. The van der Waals surface area contributed by atoms with Gasteiger partial charge in [-0.1, -0.05) is 6.92 Å². The van der Waals surface area contributed by atoms with E-state index in [2.05, 4.69) is 15.3 Å². The molecule has 0 aromatic carbocycles. The lowest BCUT2D eigenvalue weighted by Crippen LogP contribution is -2.42. The Morgan fingerprint density at radius 3 is 2.42 bits per heavy atom. The molecule has 2 unspecified atom stereocenters. The van der Waals surface area contributed by atoms with Crippen molar-refractivity contribution in [2.24, 2.45) is 0 Å². The second kappa shape index (κ2) is 11.9. The van der Waals surface area contributed by atoms with E-state index in [4.69, 9.17) is 0 Å². The third-order valence-corrected chi connectivity index (χ3v) is 7.44. The van der Waals surface area contributed by atoms with Gasteiger partial charge in [0.15, 0.2) is 5.01 Å². The topological polar surface area (TPSA) is 107 Å². The molecule has 3 rings (SSSR count). The number of amides is 2. The molecule has 1 saturated heterocycles. The molecule has 40 heavy (non-hydrogen) atoms. The fraction of sp³-hybridized carbons (Fsp3) is 0.600. The predicted octanol–water partition coefficient (Wildman–Crippen LogP) is 5.49. The van der Waals surface area contributed by atoms with E-state index in [1.807, 2.05) is 5.32 Å². The number of thiazole rings is 1. The molecule has 0 aliphatic carbocycles. The van der Waals surface area contributed by atoms with E-state index in [1.165, 1.54) is 25.7 Å². The van der Waals surface area contributed by atoms with Gasteiger partial charge in [0.1, 0.15) is 17.6 Å². The molecule has 15 heteroatoms. The van der Waals surface area contributed by atoms with E-state index in [0.29, 0.717) is 36.8 Å². The summed E-state index contributed by atoms with van der Waals surface area (Å²) in [5.74, 6) is -2.13. The summed E-state index contributed by atoms with van der Waals surface area (Å²) >= 11 is 0.531. The molecular weight excluding hydrogens is 564 g/mol. The maximum atomic E-state index is 14.2. The molecule has 1 aliphatic heterocycles. The highest BCUT2D eigenvalue weighted by atomic mass is 32.1. The maximum absolute atomic E-state index is 14.2. The molecule has 0 saturated carbocycles. The fourth-order valence-corrected chi connectivity index (χ4v) is 5.19. The van der Waals surface area contributed by atoms with Gasteiger partial charge in [-0.2, -0.15) is 26.3 Å². The molecule has 2 aromatic heterocycles. The normalized spacial score (nSPS) is 17.5. The molecule has 3 heterocycles. The molecular formula is C25H31F6N5O3S. The van der Waals surface area contributed by atoms with Crippen LogP contribution in [-0.4, -0.2) is 68.7 Å². The first-order valence-electron chi connectivity index (χ1n) is 12.7. The number of aliphatic hydroxyl groups is 1. The summed E-state index contributed by atoms with van der Waals surface area (Å²) < 4.78 is 82.4. The zero-order valence-corrected chi connectivity index (χ0v) is 23.1. The standard InChI is InChI=1S/C25H31F6N5O3S/c1-5-16(25(29,30)31)34-17-10-15(24(26,27)28)14(11-32-17)19-18(22(38)36-9-7-6-8-13(36)2)35-21(40-19)20(37)33-12-23(3,4)39/h10-11,13,16,39H,5-9,12H2,1-4H3,(H,32,34)(H,33,37). The fourth-order valence-electron chi connectivity index (χ4n) is 4.20. The van der Waals surface area contributed by atoms with Crippen LogP contribution >= 0.6 is 11.3 Å². The number of hydrogen-bond acceptors (Lipinski definition) is 7. The highest BCUT2D eigenvalue weighted by Gasteiger charge is 2.41. The Kier molecular flexibility index (Phi) is 9.39. The molecule has 8 nitrogen and oxygen atoms in total. The van der Waals surface area contributed by atoms with E-state index in [1.54, 1.807) is 6.92 Å². The van der Waals surface area contributed by atoms with Gasteiger partial charge in [0.2, 0.25) is 0 Å². The minimum Gasteiger partial charge on any atom is -0.389 e. The Bertz CT molecular complexity index is 1220. The van der Waals surface area contributed by atoms with Gasteiger partial charge >= 0.3 is 12.4 Å². The van der Waals surface area contributed by atoms with Crippen molar-refractivity contribution in [2.45, 2.75) is 83.4 Å². The van der Waals surface area contributed by atoms with Crippen molar-refractivity contribution >= 4 is 29.0 Å². The largest absolute Gasteiger partial charge is 0.417 e. The third-order valence-electron chi connectivity index (χ3n) is 6.35. The summed E-state index contributed by atoms with van der Waals surface area (Å²) in [6.45, 7) is 6.05. The Hall–Kier alpha value is -2.94. The van der Waals surface area contributed by atoms with Crippen LogP contribution in [0.25, 0.3) is 10.4 Å². The number of alkyl halides is 6. The van der Waals surface area contributed by atoms with Crippen molar-refractivity contribution in [1.82, 2.24) is 20.2 Å². The van der Waals surface area contributed by atoms with Crippen LogP contribution in [0.4, 0.5) is 32.2 Å². The van der Waals surface area contributed by atoms with E-state index in [0.717, 1.165) is 12.6 Å². The van der Waals surface area contributed by atoms with Gasteiger partial charge in [0, 0.05) is 30.9 Å². The number of pyridine rings is 1. The van der Waals surface area contributed by atoms with Crippen LogP contribution in [0.1, 0.15) is 79.2 Å². The molecule has 222 valence electrons. The average molecular weight is 596 g/mol. The number of nitrogens with zero attached hydrogens (tertiary/aromatic N) is 3. The lowest BCUT2D eigenvalue weighted by molar-refractivity contribution is -0.142. The summed E-state index contributed by atoms with van der Waals surface area (Å²) in [6, 6.07) is -1.89. The van der Waals surface area contributed by atoms with Crippen LogP contribution in [0.3, 0.4) is 0 Å². The zero-order valence-electron chi connectivity index (χ0n) is 22.3. The SMILES string of the molecule is CCC(Nc1cc(C(F)(F)F)c(-c2sc(C(=O)NCC(C)(C)O)nc2C(=O)N2CCCCC2C)cn1)C(F)(F)F.